The van der Waals surface area contributed by atoms with Crippen LogP contribution in [0.25, 0.3) is 0 Å². The minimum Gasteiger partial charge on any atom is -0.371 e. The summed E-state index contributed by atoms with van der Waals surface area (Å²) in [5.41, 5.74) is 0. The molecule has 0 saturated carbocycles. The molecule has 0 aromatic rings. The van der Waals surface area contributed by atoms with E-state index in [1.807, 2.05) is 0 Å². The van der Waals surface area contributed by atoms with Crippen LogP contribution in [-0.2, 0) is 0 Å². The lowest BCUT2D eigenvalue weighted by atomic mass is 10.0. The molecule has 25 heavy (non-hydrogen) atoms. The number of allylic oxidation sites excluding steroid dienone is 2. The van der Waals surface area contributed by atoms with E-state index in [0.29, 0.717) is 6.04 Å². The standard InChI is InChI=1S/C24H45N/c1-3-4-5-6-7-8-9-10-11-12-13-14-15-16-17-19-22-25-23-20-18-21-24(25)2/h18,20-21,23-24H,3-17,19,22H2,1-2H3. The van der Waals surface area contributed by atoms with Gasteiger partial charge in [0.15, 0.2) is 0 Å². The summed E-state index contributed by atoms with van der Waals surface area (Å²) in [6, 6.07) is 0.585. The molecule has 146 valence electrons. The van der Waals surface area contributed by atoms with Crippen LogP contribution in [0.3, 0.4) is 0 Å². The molecule has 1 unspecified atom stereocenters. The summed E-state index contributed by atoms with van der Waals surface area (Å²) >= 11 is 0. The molecule has 0 aromatic heterocycles. The van der Waals surface area contributed by atoms with Crippen LogP contribution >= 0.6 is 0 Å². The summed E-state index contributed by atoms with van der Waals surface area (Å²) in [5.74, 6) is 0. The molecular weight excluding hydrogens is 302 g/mol. The molecule has 0 radical (unpaired) electrons. The van der Waals surface area contributed by atoms with Gasteiger partial charge in [0.1, 0.15) is 0 Å². The molecule has 0 amide bonds. The van der Waals surface area contributed by atoms with Crippen LogP contribution in [-0.4, -0.2) is 17.5 Å². The third-order valence-electron chi connectivity index (χ3n) is 5.57. The van der Waals surface area contributed by atoms with Gasteiger partial charge in [-0.2, -0.15) is 0 Å². The molecule has 0 aromatic carbocycles. The number of rotatable bonds is 17. The highest BCUT2D eigenvalue weighted by Gasteiger charge is 2.07. The normalized spacial score (nSPS) is 16.7. The maximum Gasteiger partial charge on any atom is 0.0442 e. The van der Waals surface area contributed by atoms with Crippen LogP contribution < -0.4 is 0 Å². The van der Waals surface area contributed by atoms with E-state index < -0.39 is 0 Å². The molecular formula is C24H45N. The van der Waals surface area contributed by atoms with Crippen LogP contribution in [0, 0.1) is 0 Å². The lowest BCUT2D eigenvalue weighted by Gasteiger charge is -2.27. The predicted molar refractivity (Wildman–Crippen MR) is 114 cm³/mol. The van der Waals surface area contributed by atoms with Crippen molar-refractivity contribution in [2.45, 2.75) is 123 Å². The number of unbranched alkanes of at least 4 members (excludes halogenated alkanes) is 15. The third kappa shape index (κ3) is 13.2. The number of nitrogens with zero attached hydrogens (tertiary/aromatic N) is 1. The monoisotopic (exact) mass is 347 g/mol. The fraction of sp³-hybridized carbons (Fsp3) is 0.833. The van der Waals surface area contributed by atoms with Gasteiger partial charge in [-0.3, -0.25) is 0 Å². The number of hydrogen-bond donors (Lipinski definition) is 0. The maximum absolute atomic E-state index is 2.46. The Morgan fingerprint density at radius 3 is 1.48 bits per heavy atom. The van der Waals surface area contributed by atoms with Crippen molar-refractivity contribution < 1.29 is 0 Å². The number of hydrogen-bond acceptors (Lipinski definition) is 1. The van der Waals surface area contributed by atoms with Crippen molar-refractivity contribution >= 4 is 0 Å². The smallest absolute Gasteiger partial charge is 0.0442 e. The van der Waals surface area contributed by atoms with E-state index in [1.165, 1.54) is 109 Å². The van der Waals surface area contributed by atoms with E-state index in [4.69, 9.17) is 0 Å². The summed E-state index contributed by atoms with van der Waals surface area (Å²) in [5, 5.41) is 0. The van der Waals surface area contributed by atoms with Crippen molar-refractivity contribution in [3.8, 4) is 0 Å². The molecule has 0 aliphatic carbocycles. The van der Waals surface area contributed by atoms with Crippen molar-refractivity contribution in [1.29, 1.82) is 0 Å². The first-order valence-corrected chi connectivity index (χ1v) is 11.5. The van der Waals surface area contributed by atoms with Gasteiger partial charge in [0.05, 0.1) is 0 Å². The Labute approximate surface area is 159 Å². The van der Waals surface area contributed by atoms with Crippen molar-refractivity contribution in [3.05, 3.63) is 24.4 Å². The first kappa shape index (κ1) is 22.3. The van der Waals surface area contributed by atoms with Gasteiger partial charge in [-0.05, 0) is 25.6 Å². The van der Waals surface area contributed by atoms with Crippen molar-refractivity contribution in [1.82, 2.24) is 4.90 Å². The van der Waals surface area contributed by atoms with Crippen molar-refractivity contribution in [3.63, 3.8) is 0 Å². The molecule has 0 spiro atoms. The maximum atomic E-state index is 2.46. The SMILES string of the molecule is CCCCCCCCCCCCCCCCCCN1C=CC=CC1C. The Bertz CT molecular complexity index is 331. The Hall–Kier alpha value is -0.720. The molecule has 1 heteroatoms. The lowest BCUT2D eigenvalue weighted by Crippen LogP contribution is -2.28. The van der Waals surface area contributed by atoms with Gasteiger partial charge in [-0.15, -0.1) is 0 Å². The Balaban J connectivity index is 1.72. The Morgan fingerprint density at radius 1 is 0.600 bits per heavy atom. The second kappa shape index (κ2) is 16.7. The van der Waals surface area contributed by atoms with Crippen LogP contribution in [0.15, 0.2) is 24.4 Å². The summed E-state index contributed by atoms with van der Waals surface area (Å²) in [4.78, 5) is 2.46. The van der Waals surface area contributed by atoms with Crippen LogP contribution in [0.1, 0.15) is 117 Å². The van der Waals surface area contributed by atoms with Crippen LogP contribution in [0.5, 0.6) is 0 Å². The van der Waals surface area contributed by atoms with Gasteiger partial charge in [0, 0.05) is 12.6 Å². The van der Waals surface area contributed by atoms with E-state index in [1.54, 1.807) is 0 Å². The minimum absolute atomic E-state index is 0.585. The zero-order valence-corrected chi connectivity index (χ0v) is 17.4. The average molecular weight is 348 g/mol. The van der Waals surface area contributed by atoms with Gasteiger partial charge in [-0.25, -0.2) is 0 Å². The Kier molecular flexibility index (Phi) is 14.9. The van der Waals surface area contributed by atoms with Gasteiger partial charge in [0.2, 0.25) is 0 Å². The van der Waals surface area contributed by atoms with Crippen molar-refractivity contribution in [2.75, 3.05) is 6.54 Å². The quantitative estimate of drug-likeness (QED) is 0.241. The lowest BCUT2D eigenvalue weighted by molar-refractivity contribution is 0.322. The summed E-state index contributed by atoms with van der Waals surface area (Å²) < 4.78 is 0. The zero-order chi connectivity index (χ0) is 18.0. The molecule has 1 rings (SSSR count). The second-order valence-electron chi connectivity index (χ2n) is 8.01. The summed E-state index contributed by atoms with van der Waals surface area (Å²) in [7, 11) is 0. The van der Waals surface area contributed by atoms with E-state index in [0.717, 1.165) is 0 Å². The van der Waals surface area contributed by atoms with Gasteiger partial charge in [-0.1, -0.05) is 115 Å². The molecule has 0 bridgehead atoms. The first-order chi connectivity index (χ1) is 12.3. The molecule has 0 fully saturated rings. The summed E-state index contributed by atoms with van der Waals surface area (Å²) in [6.45, 7) is 5.80. The topological polar surface area (TPSA) is 3.24 Å². The van der Waals surface area contributed by atoms with Gasteiger partial charge >= 0.3 is 0 Å². The summed E-state index contributed by atoms with van der Waals surface area (Å²) in [6.07, 6.45) is 32.0. The molecule has 1 aliphatic heterocycles. The molecule has 0 N–H and O–H groups in total. The molecule has 0 saturated heterocycles. The van der Waals surface area contributed by atoms with E-state index in [2.05, 4.69) is 43.2 Å². The highest BCUT2D eigenvalue weighted by Crippen LogP contribution is 2.14. The van der Waals surface area contributed by atoms with Crippen LogP contribution in [0.2, 0.25) is 0 Å². The van der Waals surface area contributed by atoms with E-state index in [9.17, 15) is 0 Å². The highest BCUT2D eigenvalue weighted by atomic mass is 15.1. The molecule has 1 aliphatic rings. The zero-order valence-electron chi connectivity index (χ0n) is 17.4. The van der Waals surface area contributed by atoms with E-state index in [-0.39, 0.29) is 0 Å². The Morgan fingerprint density at radius 2 is 1.04 bits per heavy atom. The third-order valence-corrected chi connectivity index (χ3v) is 5.57. The fourth-order valence-electron chi connectivity index (χ4n) is 3.75. The van der Waals surface area contributed by atoms with Crippen LogP contribution in [0.4, 0.5) is 0 Å². The average Bonchev–Trinajstić information content (AvgIpc) is 2.63. The molecule has 1 nitrogen and oxygen atoms in total. The van der Waals surface area contributed by atoms with Gasteiger partial charge < -0.3 is 4.90 Å². The first-order valence-electron chi connectivity index (χ1n) is 11.5. The van der Waals surface area contributed by atoms with Gasteiger partial charge in [0.25, 0.3) is 0 Å². The second-order valence-corrected chi connectivity index (χ2v) is 8.01. The molecule has 1 atom stereocenters. The predicted octanol–water partition coefficient (Wildman–Crippen LogP) is 8.02. The van der Waals surface area contributed by atoms with Crippen molar-refractivity contribution in [2.24, 2.45) is 0 Å². The molecule has 1 heterocycles. The fourth-order valence-corrected chi connectivity index (χ4v) is 3.75. The minimum atomic E-state index is 0.585. The highest BCUT2D eigenvalue weighted by molar-refractivity contribution is 5.11. The largest absolute Gasteiger partial charge is 0.371 e. The van der Waals surface area contributed by atoms with E-state index >= 15 is 0 Å².